The Morgan fingerprint density at radius 2 is 1.75 bits per heavy atom. The molecular weight excluding hydrogens is 356 g/mol. The highest BCUT2D eigenvalue weighted by atomic mass is 16.3. The Morgan fingerprint density at radius 1 is 1.00 bits per heavy atom. The molecule has 1 heterocycles. The van der Waals surface area contributed by atoms with E-state index in [9.17, 15) is 14.7 Å². The van der Waals surface area contributed by atoms with Gasteiger partial charge >= 0.3 is 0 Å². The minimum Gasteiger partial charge on any atom is -0.394 e. The fraction of sp³-hybridized carbons (Fsp3) is 0.0952. The molecule has 0 aliphatic carbocycles. The maximum absolute atomic E-state index is 12.5. The molecule has 4 N–H and O–H groups in total. The van der Waals surface area contributed by atoms with Gasteiger partial charge in [0.25, 0.3) is 11.8 Å². The number of amides is 2. The van der Waals surface area contributed by atoms with Crippen molar-refractivity contribution in [2.24, 2.45) is 0 Å². The van der Waals surface area contributed by atoms with Crippen molar-refractivity contribution in [3.63, 3.8) is 0 Å². The van der Waals surface area contributed by atoms with Gasteiger partial charge in [-0.2, -0.15) is 0 Å². The van der Waals surface area contributed by atoms with Gasteiger partial charge in [-0.1, -0.05) is 42.5 Å². The second-order valence-electron chi connectivity index (χ2n) is 6.36. The molecule has 2 amide bonds. The van der Waals surface area contributed by atoms with E-state index in [0.717, 1.165) is 16.3 Å². The lowest BCUT2D eigenvalue weighted by Gasteiger charge is -2.15. The molecule has 28 heavy (non-hydrogen) atoms. The lowest BCUT2D eigenvalue weighted by atomic mass is 10.1. The third-order valence-electron chi connectivity index (χ3n) is 4.45. The number of imidazole rings is 1. The highest BCUT2D eigenvalue weighted by molar-refractivity contribution is 6.03. The molecule has 4 rings (SSSR count). The first-order valence-corrected chi connectivity index (χ1v) is 8.80. The summed E-state index contributed by atoms with van der Waals surface area (Å²) >= 11 is 0. The van der Waals surface area contributed by atoms with Crippen LogP contribution in [0.3, 0.4) is 0 Å². The Labute approximate surface area is 160 Å². The Hall–Kier alpha value is -3.71. The second-order valence-corrected chi connectivity index (χ2v) is 6.36. The quantitative estimate of drug-likeness (QED) is 0.430. The van der Waals surface area contributed by atoms with E-state index in [1.165, 1.54) is 0 Å². The average molecular weight is 374 g/mol. The van der Waals surface area contributed by atoms with Crippen molar-refractivity contribution in [3.8, 4) is 0 Å². The number of aliphatic hydroxyl groups is 1. The molecule has 0 radical (unpaired) electrons. The van der Waals surface area contributed by atoms with Crippen LogP contribution >= 0.6 is 0 Å². The Balaban J connectivity index is 1.47. The van der Waals surface area contributed by atoms with Crippen LogP contribution in [-0.4, -0.2) is 39.5 Å². The van der Waals surface area contributed by atoms with Crippen molar-refractivity contribution in [2.75, 3.05) is 11.9 Å². The SMILES string of the molecule is O=C(NC(CO)C(=O)Nc1nc2ccccc2[nH]1)c1ccc2ccccc2c1. The van der Waals surface area contributed by atoms with Gasteiger partial charge in [-0.25, -0.2) is 4.98 Å². The number of aromatic amines is 1. The van der Waals surface area contributed by atoms with E-state index in [0.29, 0.717) is 11.1 Å². The standard InChI is InChI=1S/C21H18N4O3/c26-12-18(20(28)25-21-23-16-7-3-4-8-17(16)24-21)22-19(27)15-10-9-13-5-1-2-6-14(13)11-15/h1-11,18,26H,12H2,(H,22,27)(H2,23,24,25,28). The molecule has 0 saturated heterocycles. The van der Waals surface area contributed by atoms with Crippen LogP contribution in [0.4, 0.5) is 5.95 Å². The van der Waals surface area contributed by atoms with Gasteiger partial charge in [0.05, 0.1) is 17.6 Å². The number of para-hydroxylation sites is 2. The van der Waals surface area contributed by atoms with Gasteiger partial charge in [0.2, 0.25) is 5.95 Å². The van der Waals surface area contributed by atoms with Crippen molar-refractivity contribution in [3.05, 3.63) is 72.3 Å². The van der Waals surface area contributed by atoms with Crippen molar-refractivity contribution >= 4 is 39.6 Å². The molecule has 4 aromatic rings. The summed E-state index contributed by atoms with van der Waals surface area (Å²) in [7, 11) is 0. The third kappa shape index (κ3) is 3.56. The predicted octanol–water partition coefficient (Wildman–Crippen LogP) is 2.45. The van der Waals surface area contributed by atoms with Gasteiger partial charge < -0.3 is 15.4 Å². The molecule has 0 aliphatic heterocycles. The molecule has 140 valence electrons. The zero-order valence-electron chi connectivity index (χ0n) is 14.8. The summed E-state index contributed by atoms with van der Waals surface area (Å²) in [5, 5.41) is 16.7. The zero-order chi connectivity index (χ0) is 19.5. The number of aromatic nitrogens is 2. The van der Waals surface area contributed by atoms with Crippen molar-refractivity contribution in [1.82, 2.24) is 15.3 Å². The number of benzene rings is 3. The van der Waals surface area contributed by atoms with E-state index < -0.39 is 24.5 Å². The van der Waals surface area contributed by atoms with Crippen LogP contribution in [0, 0.1) is 0 Å². The summed E-state index contributed by atoms with van der Waals surface area (Å²) in [4.78, 5) is 32.2. The van der Waals surface area contributed by atoms with E-state index in [-0.39, 0.29) is 5.95 Å². The molecular formula is C21H18N4O3. The minimum atomic E-state index is -1.10. The number of hydrogen-bond acceptors (Lipinski definition) is 4. The highest BCUT2D eigenvalue weighted by Gasteiger charge is 2.22. The summed E-state index contributed by atoms with van der Waals surface area (Å²) < 4.78 is 0. The number of hydrogen-bond donors (Lipinski definition) is 4. The molecule has 0 aliphatic rings. The van der Waals surface area contributed by atoms with Gasteiger partial charge in [-0.3, -0.25) is 14.9 Å². The predicted molar refractivity (Wildman–Crippen MR) is 107 cm³/mol. The molecule has 7 nitrogen and oxygen atoms in total. The number of carbonyl (C=O) groups excluding carboxylic acids is 2. The van der Waals surface area contributed by atoms with E-state index in [1.807, 2.05) is 54.6 Å². The number of aliphatic hydroxyl groups excluding tert-OH is 1. The number of carbonyl (C=O) groups is 2. The Bertz CT molecular complexity index is 1140. The molecule has 1 aromatic heterocycles. The number of fused-ring (bicyclic) bond motifs is 2. The molecule has 0 bridgehead atoms. The lowest BCUT2D eigenvalue weighted by Crippen LogP contribution is -2.46. The number of H-pyrrole nitrogens is 1. The van der Waals surface area contributed by atoms with E-state index in [1.54, 1.807) is 12.1 Å². The summed E-state index contributed by atoms with van der Waals surface area (Å²) in [5.41, 5.74) is 1.89. The smallest absolute Gasteiger partial charge is 0.252 e. The summed E-state index contributed by atoms with van der Waals surface area (Å²) in [6.45, 7) is -0.536. The van der Waals surface area contributed by atoms with Crippen LogP contribution in [0.2, 0.25) is 0 Å². The first kappa shape index (κ1) is 17.7. The fourth-order valence-electron chi connectivity index (χ4n) is 2.98. The van der Waals surface area contributed by atoms with Crippen LogP contribution in [0.1, 0.15) is 10.4 Å². The number of nitrogens with one attached hydrogen (secondary N) is 3. The second kappa shape index (κ2) is 7.50. The van der Waals surface area contributed by atoms with E-state index >= 15 is 0 Å². The normalized spacial score (nSPS) is 12.0. The maximum atomic E-state index is 12.5. The molecule has 0 spiro atoms. The molecule has 3 aromatic carbocycles. The first-order valence-electron chi connectivity index (χ1n) is 8.80. The van der Waals surface area contributed by atoms with Gasteiger partial charge in [0.15, 0.2) is 0 Å². The third-order valence-corrected chi connectivity index (χ3v) is 4.45. The summed E-state index contributed by atoms with van der Waals surface area (Å²) in [6, 6.07) is 19.2. The monoisotopic (exact) mass is 374 g/mol. The van der Waals surface area contributed by atoms with E-state index in [4.69, 9.17) is 0 Å². The van der Waals surface area contributed by atoms with Gasteiger partial charge in [-0.15, -0.1) is 0 Å². The molecule has 0 fully saturated rings. The maximum Gasteiger partial charge on any atom is 0.252 e. The lowest BCUT2D eigenvalue weighted by molar-refractivity contribution is -0.118. The fourth-order valence-corrected chi connectivity index (χ4v) is 2.98. The average Bonchev–Trinajstić information content (AvgIpc) is 3.13. The topological polar surface area (TPSA) is 107 Å². The van der Waals surface area contributed by atoms with Crippen molar-refractivity contribution in [2.45, 2.75) is 6.04 Å². The first-order chi connectivity index (χ1) is 13.6. The zero-order valence-corrected chi connectivity index (χ0v) is 14.8. The van der Waals surface area contributed by atoms with Crippen molar-refractivity contribution in [1.29, 1.82) is 0 Å². The van der Waals surface area contributed by atoms with Crippen LogP contribution in [-0.2, 0) is 4.79 Å². The summed E-state index contributed by atoms with van der Waals surface area (Å²) in [6.07, 6.45) is 0. The van der Waals surface area contributed by atoms with Gasteiger partial charge in [0.1, 0.15) is 6.04 Å². The Kier molecular flexibility index (Phi) is 4.74. The number of nitrogens with zero attached hydrogens (tertiary/aromatic N) is 1. The Morgan fingerprint density at radius 3 is 2.54 bits per heavy atom. The largest absolute Gasteiger partial charge is 0.394 e. The molecule has 1 unspecified atom stereocenters. The number of anilines is 1. The molecule has 1 atom stereocenters. The van der Waals surface area contributed by atoms with Crippen LogP contribution in [0.25, 0.3) is 21.8 Å². The van der Waals surface area contributed by atoms with Gasteiger partial charge in [-0.05, 0) is 35.0 Å². The van der Waals surface area contributed by atoms with Crippen LogP contribution in [0.15, 0.2) is 66.7 Å². The van der Waals surface area contributed by atoms with Gasteiger partial charge in [0, 0.05) is 5.56 Å². The minimum absolute atomic E-state index is 0.254. The highest BCUT2D eigenvalue weighted by Crippen LogP contribution is 2.16. The molecule has 7 heteroatoms. The molecule has 0 saturated carbocycles. The van der Waals surface area contributed by atoms with Crippen LogP contribution < -0.4 is 10.6 Å². The van der Waals surface area contributed by atoms with E-state index in [2.05, 4.69) is 20.6 Å². The summed E-state index contributed by atoms with van der Waals surface area (Å²) in [5.74, 6) is -0.746. The van der Waals surface area contributed by atoms with Crippen molar-refractivity contribution < 1.29 is 14.7 Å². The number of rotatable bonds is 5. The van der Waals surface area contributed by atoms with Crippen LogP contribution in [0.5, 0.6) is 0 Å².